The fourth-order valence-corrected chi connectivity index (χ4v) is 2.23. The Labute approximate surface area is 113 Å². The first-order valence-electron chi connectivity index (χ1n) is 6.25. The van der Waals surface area contributed by atoms with Crippen molar-refractivity contribution < 1.29 is 0 Å². The maximum Gasteiger partial charge on any atom is 0.153 e. The van der Waals surface area contributed by atoms with Crippen LogP contribution in [0.3, 0.4) is 0 Å². The van der Waals surface area contributed by atoms with Crippen molar-refractivity contribution in [2.75, 3.05) is 58.3 Å². The Hall–Kier alpha value is -0.910. The van der Waals surface area contributed by atoms with E-state index in [4.69, 9.17) is 11.6 Å². The third-order valence-corrected chi connectivity index (χ3v) is 3.40. The molecule has 2 rings (SSSR count). The van der Waals surface area contributed by atoms with Crippen LogP contribution < -0.4 is 4.90 Å². The van der Waals surface area contributed by atoms with Crippen molar-refractivity contribution in [2.24, 2.45) is 0 Å². The topological polar surface area (TPSA) is 35.5 Å². The first-order chi connectivity index (χ1) is 8.65. The van der Waals surface area contributed by atoms with Crippen LogP contribution >= 0.6 is 11.6 Å². The van der Waals surface area contributed by atoms with Crippen molar-refractivity contribution in [3.63, 3.8) is 0 Å². The molecule has 0 aromatic carbocycles. The second-order valence-electron chi connectivity index (χ2n) is 4.87. The van der Waals surface area contributed by atoms with Crippen LogP contribution in [0.1, 0.15) is 0 Å². The zero-order chi connectivity index (χ0) is 13.0. The number of aromatic nitrogens is 2. The highest BCUT2D eigenvalue weighted by Gasteiger charge is 2.17. The number of hydrogen-bond donors (Lipinski definition) is 0. The summed E-state index contributed by atoms with van der Waals surface area (Å²) in [5.41, 5.74) is 1.07. The highest BCUT2D eigenvalue weighted by atomic mass is 35.5. The number of likely N-dealkylation sites (N-methyl/N-ethyl adjacent to an activating group) is 1. The minimum Gasteiger partial charge on any atom is -0.368 e. The first kappa shape index (κ1) is 13.5. The van der Waals surface area contributed by atoms with Gasteiger partial charge in [0.15, 0.2) is 5.15 Å². The van der Waals surface area contributed by atoms with Crippen LogP contribution in [-0.2, 0) is 0 Å². The Kier molecular flexibility index (Phi) is 4.74. The molecule has 100 valence electrons. The molecular formula is C12H20ClN5. The van der Waals surface area contributed by atoms with Gasteiger partial charge in [0, 0.05) is 45.3 Å². The van der Waals surface area contributed by atoms with E-state index in [9.17, 15) is 0 Å². The zero-order valence-corrected chi connectivity index (χ0v) is 11.8. The molecule has 1 aromatic rings. The lowest BCUT2D eigenvalue weighted by Crippen LogP contribution is -2.48. The molecule has 0 atom stereocenters. The molecule has 1 aliphatic heterocycles. The second kappa shape index (κ2) is 6.31. The Bertz CT molecular complexity index is 376. The average molecular weight is 270 g/mol. The lowest BCUT2D eigenvalue weighted by molar-refractivity contribution is 0.229. The van der Waals surface area contributed by atoms with Crippen LogP contribution in [0, 0.1) is 0 Å². The van der Waals surface area contributed by atoms with Crippen LogP contribution in [0.25, 0.3) is 0 Å². The number of hydrogen-bond acceptors (Lipinski definition) is 5. The molecule has 2 heterocycles. The minimum atomic E-state index is 0.461. The predicted octanol–water partition coefficient (Wildman–Crippen LogP) is 0.814. The number of nitrogens with zero attached hydrogens (tertiary/aromatic N) is 5. The van der Waals surface area contributed by atoms with Crippen molar-refractivity contribution in [1.82, 2.24) is 20.0 Å². The summed E-state index contributed by atoms with van der Waals surface area (Å²) in [6.07, 6.45) is 1.78. The lowest BCUT2D eigenvalue weighted by atomic mass is 10.3. The largest absolute Gasteiger partial charge is 0.368 e. The monoisotopic (exact) mass is 269 g/mol. The van der Waals surface area contributed by atoms with Gasteiger partial charge in [0.25, 0.3) is 0 Å². The van der Waals surface area contributed by atoms with Crippen LogP contribution in [0.4, 0.5) is 5.69 Å². The number of anilines is 1. The number of halogens is 1. The second-order valence-corrected chi connectivity index (χ2v) is 5.26. The Morgan fingerprint density at radius 2 is 2.00 bits per heavy atom. The fourth-order valence-electron chi connectivity index (χ4n) is 2.08. The van der Waals surface area contributed by atoms with Gasteiger partial charge < -0.3 is 9.80 Å². The van der Waals surface area contributed by atoms with Gasteiger partial charge in [0.2, 0.25) is 0 Å². The molecule has 0 aliphatic carbocycles. The normalized spacial score (nSPS) is 17.4. The smallest absolute Gasteiger partial charge is 0.153 e. The van der Waals surface area contributed by atoms with Gasteiger partial charge >= 0.3 is 0 Å². The van der Waals surface area contributed by atoms with Gasteiger partial charge in [-0.2, -0.15) is 5.10 Å². The summed E-state index contributed by atoms with van der Waals surface area (Å²) in [4.78, 5) is 7.03. The molecule has 0 saturated carbocycles. The Morgan fingerprint density at radius 1 is 1.28 bits per heavy atom. The minimum absolute atomic E-state index is 0.461. The molecule has 6 heteroatoms. The Balaban J connectivity index is 1.83. The van der Waals surface area contributed by atoms with E-state index >= 15 is 0 Å². The molecule has 0 amide bonds. The predicted molar refractivity (Wildman–Crippen MR) is 74.2 cm³/mol. The van der Waals surface area contributed by atoms with Crippen molar-refractivity contribution in [3.8, 4) is 0 Å². The van der Waals surface area contributed by atoms with E-state index in [-0.39, 0.29) is 0 Å². The van der Waals surface area contributed by atoms with Crippen molar-refractivity contribution in [2.45, 2.75) is 0 Å². The highest BCUT2D eigenvalue weighted by molar-refractivity contribution is 6.29. The summed E-state index contributed by atoms with van der Waals surface area (Å²) in [7, 11) is 4.22. The SMILES string of the molecule is CN(C)CCN1CCN(c2cnnc(Cl)c2)CC1. The number of piperazine rings is 1. The van der Waals surface area contributed by atoms with E-state index in [1.54, 1.807) is 6.20 Å². The van der Waals surface area contributed by atoms with Gasteiger partial charge in [-0.15, -0.1) is 5.10 Å². The van der Waals surface area contributed by atoms with Crippen LogP contribution in [0.2, 0.25) is 5.15 Å². The third kappa shape index (κ3) is 3.80. The Morgan fingerprint density at radius 3 is 2.61 bits per heavy atom. The van der Waals surface area contributed by atoms with Gasteiger partial charge in [-0.3, -0.25) is 4.90 Å². The van der Waals surface area contributed by atoms with Gasteiger partial charge in [-0.1, -0.05) is 11.6 Å². The van der Waals surface area contributed by atoms with Crippen LogP contribution in [0.15, 0.2) is 12.3 Å². The summed E-state index contributed by atoms with van der Waals surface area (Å²) in [6, 6.07) is 1.88. The summed E-state index contributed by atoms with van der Waals surface area (Å²) in [5, 5.41) is 8.13. The average Bonchev–Trinajstić information content (AvgIpc) is 2.37. The van der Waals surface area contributed by atoms with Crippen LogP contribution in [-0.4, -0.2) is 73.4 Å². The van der Waals surface area contributed by atoms with E-state index in [0.29, 0.717) is 5.15 Å². The quantitative estimate of drug-likeness (QED) is 0.809. The summed E-state index contributed by atoms with van der Waals surface area (Å²) in [6.45, 7) is 6.48. The fraction of sp³-hybridized carbons (Fsp3) is 0.667. The third-order valence-electron chi connectivity index (χ3n) is 3.21. The molecule has 0 unspecified atom stereocenters. The van der Waals surface area contributed by atoms with E-state index in [1.807, 2.05) is 6.07 Å². The molecular weight excluding hydrogens is 250 g/mol. The van der Waals surface area contributed by atoms with Crippen LogP contribution in [0.5, 0.6) is 0 Å². The summed E-state index contributed by atoms with van der Waals surface area (Å²) >= 11 is 5.86. The van der Waals surface area contributed by atoms with Gasteiger partial charge in [-0.25, -0.2) is 0 Å². The summed E-state index contributed by atoms with van der Waals surface area (Å²) < 4.78 is 0. The highest BCUT2D eigenvalue weighted by Crippen LogP contribution is 2.17. The molecule has 0 radical (unpaired) electrons. The number of rotatable bonds is 4. The molecule has 5 nitrogen and oxygen atoms in total. The van der Waals surface area contributed by atoms with E-state index in [0.717, 1.165) is 45.0 Å². The molecule has 1 saturated heterocycles. The zero-order valence-electron chi connectivity index (χ0n) is 11.0. The van der Waals surface area contributed by atoms with Gasteiger partial charge in [-0.05, 0) is 14.1 Å². The molecule has 18 heavy (non-hydrogen) atoms. The summed E-state index contributed by atoms with van der Waals surface area (Å²) in [5.74, 6) is 0. The van der Waals surface area contributed by atoms with E-state index < -0.39 is 0 Å². The molecule has 0 spiro atoms. The van der Waals surface area contributed by atoms with Crippen molar-refractivity contribution >= 4 is 17.3 Å². The van der Waals surface area contributed by atoms with Crippen molar-refractivity contribution in [1.29, 1.82) is 0 Å². The standard InChI is InChI=1S/C12H20ClN5/c1-16(2)3-4-17-5-7-18(8-6-17)11-9-12(13)15-14-10-11/h9-10H,3-8H2,1-2H3. The molecule has 1 fully saturated rings. The maximum absolute atomic E-state index is 5.86. The van der Waals surface area contributed by atoms with E-state index in [1.165, 1.54) is 0 Å². The lowest BCUT2D eigenvalue weighted by Gasteiger charge is -2.36. The molecule has 1 aromatic heterocycles. The molecule has 1 aliphatic rings. The van der Waals surface area contributed by atoms with Gasteiger partial charge in [0.05, 0.1) is 11.9 Å². The van der Waals surface area contributed by atoms with E-state index in [2.05, 4.69) is 39.0 Å². The van der Waals surface area contributed by atoms with Gasteiger partial charge in [0.1, 0.15) is 0 Å². The molecule has 0 N–H and O–H groups in total. The first-order valence-corrected chi connectivity index (χ1v) is 6.63. The van der Waals surface area contributed by atoms with Crippen molar-refractivity contribution in [3.05, 3.63) is 17.4 Å². The maximum atomic E-state index is 5.86. The molecule has 0 bridgehead atoms.